The number of hydrogen-bond donors (Lipinski definition) is 1. The molecule has 1 heterocycles. The lowest BCUT2D eigenvalue weighted by atomic mass is 9.62. The fourth-order valence-electron chi connectivity index (χ4n) is 2.84. The van der Waals surface area contributed by atoms with Crippen molar-refractivity contribution < 1.29 is 0 Å². The third kappa shape index (κ3) is 1.38. The lowest BCUT2D eigenvalue weighted by Crippen LogP contribution is -2.49. The molecular formula is C10H18N4. The standard InChI is InChI=1S/C10H18N4/c1-9(2)4-7-8(13-14-12-7)10(3,5-9)6-11/h7H,4-6,11H2,1-3H3. The molecule has 0 amide bonds. The Kier molecular flexibility index (Phi) is 2.00. The van der Waals surface area contributed by atoms with Gasteiger partial charge in [0.2, 0.25) is 0 Å². The summed E-state index contributed by atoms with van der Waals surface area (Å²) in [6.07, 6.45) is 2.13. The fraction of sp³-hybridized carbons (Fsp3) is 0.900. The fourth-order valence-corrected chi connectivity index (χ4v) is 2.84. The van der Waals surface area contributed by atoms with Gasteiger partial charge in [-0.3, -0.25) is 0 Å². The zero-order chi connectivity index (χ0) is 10.4. The first-order valence-corrected chi connectivity index (χ1v) is 5.15. The minimum Gasteiger partial charge on any atom is -0.330 e. The van der Waals surface area contributed by atoms with Crippen LogP contribution in [0.4, 0.5) is 0 Å². The first kappa shape index (κ1) is 9.77. The lowest BCUT2D eigenvalue weighted by molar-refractivity contribution is 0.192. The molecule has 2 N–H and O–H groups in total. The molecule has 2 rings (SSSR count). The number of hydrogen-bond acceptors (Lipinski definition) is 4. The highest BCUT2D eigenvalue weighted by atomic mass is 15.4. The molecule has 0 aromatic carbocycles. The van der Waals surface area contributed by atoms with E-state index in [9.17, 15) is 0 Å². The van der Waals surface area contributed by atoms with Gasteiger partial charge in [0, 0.05) is 12.0 Å². The monoisotopic (exact) mass is 194 g/mol. The summed E-state index contributed by atoms with van der Waals surface area (Å²) < 4.78 is 0. The molecule has 0 bridgehead atoms. The molecule has 4 heteroatoms. The Hall–Kier alpha value is -0.770. The molecule has 78 valence electrons. The molecule has 4 nitrogen and oxygen atoms in total. The molecule has 1 aliphatic carbocycles. The van der Waals surface area contributed by atoms with E-state index in [2.05, 4.69) is 36.2 Å². The van der Waals surface area contributed by atoms with Crippen molar-refractivity contribution in [3.05, 3.63) is 0 Å². The van der Waals surface area contributed by atoms with Crippen molar-refractivity contribution in [2.24, 2.45) is 32.0 Å². The molecule has 0 spiro atoms. The number of nitrogens with zero attached hydrogens (tertiary/aromatic N) is 3. The second kappa shape index (κ2) is 2.86. The number of rotatable bonds is 1. The second-order valence-electron chi connectivity index (χ2n) is 5.52. The van der Waals surface area contributed by atoms with Crippen LogP contribution in [0.5, 0.6) is 0 Å². The molecule has 2 atom stereocenters. The van der Waals surface area contributed by atoms with Crippen molar-refractivity contribution in [3.63, 3.8) is 0 Å². The van der Waals surface area contributed by atoms with E-state index in [1.807, 2.05) is 0 Å². The zero-order valence-electron chi connectivity index (χ0n) is 9.12. The van der Waals surface area contributed by atoms with Gasteiger partial charge in [0.15, 0.2) is 0 Å². The predicted octanol–water partition coefficient (Wildman–Crippen LogP) is 1.96. The van der Waals surface area contributed by atoms with Crippen LogP contribution < -0.4 is 5.73 Å². The van der Waals surface area contributed by atoms with E-state index in [0.717, 1.165) is 18.6 Å². The van der Waals surface area contributed by atoms with Crippen LogP contribution in [0.15, 0.2) is 15.4 Å². The third-order valence-corrected chi connectivity index (χ3v) is 3.34. The Labute approximate surface area is 84.7 Å². The van der Waals surface area contributed by atoms with E-state index < -0.39 is 0 Å². The summed E-state index contributed by atoms with van der Waals surface area (Å²) in [6.45, 7) is 7.35. The molecule has 1 aliphatic heterocycles. The Morgan fingerprint density at radius 3 is 2.79 bits per heavy atom. The van der Waals surface area contributed by atoms with Crippen molar-refractivity contribution in [1.29, 1.82) is 0 Å². The maximum Gasteiger partial charge on any atom is 0.114 e. The number of fused-ring (bicyclic) bond motifs is 1. The maximum atomic E-state index is 5.85. The van der Waals surface area contributed by atoms with Crippen LogP contribution in [0, 0.1) is 10.8 Å². The topological polar surface area (TPSA) is 63.1 Å². The Balaban J connectivity index is 2.33. The summed E-state index contributed by atoms with van der Waals surface area (Å²) in [6, 6.07) is 0.187. The average molecular weight is 194 g/mol. The van der Waals surface area contributed by atoms with Gasteiger partial charge in [-0.25, -0.2) is 0 Å². The largest absolute Gasteiger partial charge is 0.330 e. The zero-order valence-corrected chi connectivity index (χ0v) is 9.12. The van der Waals surface area contributed by atoms with Crippen LogP contribution in [0.3, 0.4) is 0 Å². The van der Waals surface area contributed by atoms with E-state index in [1.54, 1.807) is 0 Å². The minimum atomic E-state index is -0.00405. The van der Waals surface area contributed by atoms with Crippen LogP contribution in [-0.2, 0) is 0 Å². The smallest absolute Gasteiger partial charge is 0.114 e. The molecule has 0 aromatic rings. The Bertz CT molecular complexity index is 305. The van der Waals surface area contributed by atoms with Crippen molar-refractivity contribution in [2.45, 2.75) is 39.7 Å². The normalized spacial score (nSPS) is 39.4. The van der Waals surface area contributed by atoms with Crippen LogP contribution in [0.1, 0.15) is 33.6 Å². The molecule has 1 saturated carbocycles. The molecule has 14 heavy (non-hydrogen) atoms. The Morgan fingerprint density at radius 2 is 2.14 bits per heavy atom. The van der Waals surface area contributed by atoms with Gasteiger partial charge >= 0.3 is 0 Å². The van der Waals surface area contributed by atoms with Crippen LogP contribution >= 0.6 is 0 Å². The first-order chi connectivity index (χ1) is 6.47. The predicted molar refractivity (Wildman–Crippen MR) is 56.3 cm³/mol. The molecule has 1 fully saturated rings. The van der Waals surface area contributed by atoms with E-state index in [4.69, 9.17) is 5.73 Å². The van der Waals surface area contributed by atoms with E-state index in [-0.39, 0.29) is 11.5 Å². The van der Waals surface area contributed by atoms with Gasteiger partial charge in [0.05, 0.1) is 5.71 Å². The van der Waals surface area contributed by atoms with Gasteiger partial charge in [-0.1, -0.05) is 20.8 Å². The minimum absolute atomic E-state index is 0.00405. The molecule has 0 aromatic heterocycles. The van der Waals surface area contributed by atoms with Crippen molar-refractivity contribution in [3.8, 4) is 0 Å². The van der Waals surface area contributed by atoms with E-state index in [1.165, 1.54) is 0 Å². The number of nitrogens with two attached hydrogens (primary N) is 1. The van der Waals surface area contributed by atoms with E-state index >= 15 is 0 Å². The summed E-state index contributed by atoms with van der Waals surface area (Å²) in [4.78, 5) is 0. The highest BCUT2D eigenvalue weighted by molar-refractivity contribution is 5.96. The molecular weight excluding hydrogens is 176 g/mol. The van der Waals surface area contributed by atoms with Crippen molar-refractivity contribution >= 4 is 5.71 Å². The van der Waals surface area contributed by atoms with Gasteiger partial charge in [-0.05, 0) is 23.5 Å². The molecule has 2 unspecified atom stereocenters. The van der Waals surface area contributed by atoms with Crippen LogP contribution in [0.25, 0.3) is 0 Å². The van der Waals surface area contributed by atoms with Gasteiger partial charge in [0.25, 0.3) is 0 Å². The first-order valence-electron chi connectivity index (χ1n) is 5.15. The quantitative estimate of drug-likeness (QED) is 0.681. The van der Waals surface area contributed by atoms with Gasteiger partial charge in [-0.15, -0.1) is 5.10 Å². The van der Waals surface area contributed by atoms with Gasteiger partial charge in [-0.2, -0.15) is 5.11 Å². The molecule has 0 radical (unpaired) electrons. The van der Waals surface area contributed by atoms with E-state index in [0.29, 0.717) is 12.0 Å². The van der Waals surface area contributed by atoms with Gasteiger partial charge < -0.3 is 5.73 Å². The Morgan fingerprint density at radius 1 is 1.43 bits per heavy atom. The average Bonchev–Trinajstić information content (AvgIpc) is 2.50. The molecule has 0 saturated heterocycles. The molecule has 2 aliphatic rings. The van der Waals surface area contributed by atoms with Crippen molar-refractivity contribution in [2.75, 3.05) is 6.54 Å². The summed E-state index contributed by atoms with van der Waals surface area (Å²) in [5.74, 6) is 0. The highest BCUT2D eigenvalue weighted by Crippen LogP contribution is 2.46. The summed E-state index contributed by atoms with van der Waals surface area (Å²) in [7, 11) is 0. The van der Waals surface area contributed by atoms with Gasteiger partial charge in [0.1, 0.15) is 6.04 Å². The lowest BCUT2D eigenvalue weighted by Gasteiger charge is -2.43. The summed E-state index contributed by atoms with van der Waals surface area (Å²) in [5, 5.41) is 12.1. The summed E-state index contributed by atoms with van der Waals surface area (Å²) >= 11 is 0. The maximum absolute atomic E-state index is 5.85. The van der Waals surface area contributed by atoms with Crippen LogP contribution in [-0.4, -0.2) is 18.3 Å². The van der Waals surface area contributed by atoms with Crippen LogP contribution in [0.2, 0.25) is 0 Å². The second-order valence-corrected chi connectivity index (χ2v) is 5.52. The van der Waals surface area contributed by atoms with Crippen molar-refractivity contribution in [1.82, 2.24) is 0 Å². The third-order valence-electron chi connectivity index (χ3n) is 3.34. The summed E-state index contributed by atoms with van der Waals surface area (Å²) in [5.41, 5.74) is 7.24. The highest BCUT2D eigenvalue weighted by Gasteiger charge is 2.47. The SMILES string of the molecule is CC1(C)CC2N=NN=C2C(C)(CN)C1.